The third-order valence-electron chi connectivity index (χ3n) is 4.22. The molecule has 17 heavy (non-hydrogen) atoms. The van der Waals surface area contributed by atoms with Crippen molar-refractivity contribution in [1.29, 1.82) is 0 Å². The van der Waals surface area contributed by atoms with Crippen molar-refractivity contribution < 1.29 is 0 Å². The summed E-state index contributed by atoms with van der Waals surface area (Å²) in [5.41, 5.74) is 4.48. The first kappa shape index (κ1) is 12.4. The number of hydrogen-bond donors (Lipinski definition) is 1. The van der Waals surface area contributed by atoms with Crippen LogP contribution < -0.4 is 10.2 Å². The Labute approximate surface area is 105 Å². The van der Waals surface area contributed by atoms with Crippen LogP contribution in [0, 0.1) is 13.8 Å². The van der Waals surface area contributed by atoms with E-state index in [2.05, 4.69) is 56.2 Å². The number of anilines is 1. The summed E-state index contributed by atoms with van der Waals surface area (Å²) < 4.78 is 0. The normalized spacial score (nSPS) is 25.1. The predicted molar refractivity (Wildman–Crippen MR) is 74.8 cm³/mol. The number of aryl methyl sites for hydroxylation is 1. The molecule has 0 saturated carbocycles. The molecule has 1 fully saturated rings. The van der Waals surface area contributed by atoms with Gasteiger partial charge in [0.1, 0.15) is 0 Å². The van der Waals surface area contributed by atoms with Crippen molar-refractivity contribution in [3.05, 3.63) is 29.3 Å². The van der Waals surface area contributed by atoms with Gasteiger partial charge in [0, 0.05) is 24.3 Å². The molecule has 0 amide bonds. The Hall–Kier alpha value is -1.02. The van der Waals surface area contributed by atoms with Crippen molar-refractivity contribution in [2.45, 2.75) is 39.2 Å². The van der Waals surface area contributed by atoms with Gasteiger partial charge in [-0.3, -0.25) is 0 Å². The minimum absolute atomic E-state index is 0.258. The van der Waals surface area contributed by atoms with Gasteiger partial charge in [-0.25, -0.2) is 0 Å². The van der Waals surface area contributed by atoms with Crippen molar-refractivity contribution in [2.75, 3.05) is 25.0 Å². The highest BCUT2D eigenvalue weighted by Crippen LogP contribution is 2.29. The minimum Gasteiger partial charge on any atom is -0.369 e. The first-order chi connectivity index (χ1) is 8.06. The maximum atomic E-state index is 3.47. The van der Waals surface area contributed by atoms with Crippen LogP contribution in [0.25, 0.3) is 0 Å². The fourth-order valence-electron chi connectivity index (χ4n) is 2.73. The predicted octanol–water partition coefficient (Wildman–Crippen LogP) is 2.88. The number of piperidine rings is 1. The second kappa shape index (κ2) is 4.69. The van der Waals surface area contributed by atoms with E-state index in [-0.39, 0.29) is 5.54 Å². The van der Waals surface area contributed by atoms with E-state index in [0.29, 0.717) is 0 Å². The van der Waals surface area contributed by atoms with Crippen molar-refractivity contribution in [1.82, 2.24) is 5.32 Å². The molecule has 1 atom stereocenters. The standard InChI is InChI=1S/C15H24N2/c1-12-7-5-8-14(13(12)2)17-10-6-9-15(3,11-17)16-4/h5,7-8,16H,6,9-11H2,1-4H3. The van der Waals surface area contributed by atoms with Crippen LogP contribution >= 0.6 is 0 Å². The highest BCUT2D eigenvalue weighted by atomic mass is 15.2. The Kier molecular flexibility index (Phi) is 3.43. The van der Waals surface area contributed by atoms with Crippen LogP contribution in [0.1, 0.15) is 30.9 Å². The second-order valence-corrected chi connectivity index (χ2v) is 5.55. The summed E-state index contributed by atoms with van der Waals surface area (Å²) in [6.07, 6.45) is 2.54. The van der Waals surface area contributed by atoms with Crippen LogP contribution in [0.15, 0.2) is 18.2 Å². The average molecular weight is 232 g/mol. The summed E-state index contributed by atoms with van der Waals surface area (Å²) in [4.78, 5) is 2.53. The average Bonchev–Trinajstić information content (AvgIpc) is 2.33. The van der Waals surface area contributed by atoms with E-state index >= 15 is 0 Å². The SMILES string of the molecule is CNC1(C)CCCN(c2cccc(C)c2C)C1. The molecule has 2 rings (SSSR count). The monoisotopic (exact) mass is 232 g/mol. The molecule has 1 aliphatic heterocycles. The van der Waals surface area contributed by atoms with Gasteiger partial charge in [0.2, 0.25) is 0 Å². The lowest BCUT2D eigenvalue weighted by atomic mass is 9.90. The molecule has 1 N–H and O–H groups in total. The first-order valence-corrected chi connectivity index (χ1v) is 6.56. The zero-order chi connectivity index (χ0) is 12.5. The molecule has 0 aromatic heterocycles. The zero-order valence-electron chi connectivity index (χ0n) is 11.5. The van der Waals surface area contributed by atoms with Gasteiger partial charge < -0.3 is 10.2 Å². The highest BCUT2D eigenvalue weighted by molar-refractivity contribution is 5.56. The molecule has 2 nitrogen and oxygen atoms in total. The highest BCUT2D eigenvalue weighted by Gasteiger charge is 2.29. The van der Waals surface area contributed by atoms with Crippen LogP contribution in [0.2, 0.25) is 0 Å². The van der Waals surface area contributed by atoms with Crippen molar-refractivity contribution >= 4 is 5.69 Å². The molecule has 1 aromatic carbocycles. The Morgan fingerprint density at radius 2 is 2.06 bits per heavy atom. The Morgan fingerprint density at radius 1 is 1.29 bits per heavy atom. The molecule has 0 radical (unpaired) electrons. The van der Waals surface area contributed by atoms with Crippen molar-refractivity contribution in [3.63, 3.8) is 0 Å². The molecule has 0 spiro atoms. The Bertz CT molecular complexity index is 400. The summed E-state index contributed by atoms with van der Waals surface area (Å²) in [6.45, 7) is 9.04. The van der Waals surface area contributed by atoms with Gasteiger partial charge in [-0.1, -0.05) is 12.1 Å². The van der Waals surface area contributed by atoms with Gasteiger partial charge >= 0.3 is 0 Å². The molecule has 94 valence electrons. The molecular formula is C15H24N2. The maximum Gasteiger partial charge on any atom is 0.0399 e. The maximum absolute atomic E-state index is 3.47. The Balaban J connectivity index is 2.25. The van der Waals surface area contributed by atoms with E-state index in [1.54, 1.807) is 0 Å². The molecule has 0 aliphatic carbocycles. The fraction of sp³-hybridized carbons (Fsp3) is 0.600. The molecule has 1 unspecified atom stereocenters. The smallest absolute Gasteiger partial charge is 0.0399 e. The van der Waals surface area contributed by atoms with E-state index in [0.717, 1.165) is 6.54 Å². The summed E-state index contributed by atoms with van der Waals surface area (Å²) in [6, 6.07) is 6.62. The van der Waals surface area contributed by atoms with Gasteiger partial charge in [-0.15, -0.1) is 0 Å². The van der Waals surface area contributed by atoms with E-state index in [9.17, 15) is 0 Å². The topological polar surface area (TPSA) is 15.3 Å². The summed E-state index contributed by atoms with van der Waals surface area (Å²) in [7, 11) is 2.08. The van der Waals surface area contributed by atoms with Crippen molar-refractivity contribution in [2.24, 2.45) is 0 Å². The molecule has 1 aromatic rings. The number of likely N-dealkylation sites (N-methyl/N-ethyl adjacent to an activating group) is 1. The van der Waals surface area contributed by atoms with Gasteiger partial charge in [0.15, 0.2) is 0 Å². The lowest BCUT2D eigenvalue weighted by Crippen LogP contribution is -2.54. The molecule has 1 aliphatic rings. The van der Waals surface area contributed by atoms with Crippen LogP contribution in [0.5, 0.6) is 0 Å². The van der Waals surface area contributed by atoms with E-state index in [1.165, 1.54) is 36.2 Å². The minimum atomic E-state index is 0.258. The lowest BCUT2D eigenvalue weighted by Gasteiger charge is -2.42. The summed E-state index contributed by atoms with van der Waals surface area (Å²) in [5, 5.41) is 3.47. The number of nitrogens with one attached hydrogen (secondary N) is 1. The van der Waals surface area contributed by atoms with Crippen LogP contribution in [-0.4, -0.2) is 25.7 Å². The van der Waals surface area contributed by atoms with Gasteiger partial charge in [0.25, 0.3) is 0 Å². The van der Waals surface area contributed by atoms with E-state index in [1.807, 2.05) is 0 Å². The third-order valence-corrected chi connectivity index (χ3v) is 4.22. The number of nitrogens with zero attached hydrogens (tertiary/aromatic N) is 1. The van der Waals surface area contributed by atoms with Gasteiger partial charge in [0.05, 0.1) is 0 Å². The lowest BCUT2D eigenvalue weighted by molar-refractivity contribution is 0.316. The quantitative estimate of drug-likeness (QED) is 0.843. The molecule has 0 bridgehead atoms. The number of hydrogen-bond acceptors (Lipinski definition) is 2. The summed E-state index contributed by atoms with van der Waals surface area (Å²) in [5.74, 6) is 0. The fourth-order valence-corrected chi connectivity index (χ4v) is 2.73. The third kappa shape index (κ3) is 2.47. The first-order valence-electron chi connectivity index (χ1n) is 6.56. The second-order valence-electron chi connectivity index (χ2n) is 5.55. The summed E-state index contributed by atoms with van der Waals surface area (Å²) >= 11 is 0. The van der Waals surface area contributed by atoms with E-state index < -0.39 is 0 Å². The number of benzene rings is 1. The van der Waals surface area contributed by atoms with Crippen LogP contribution in [0.4, 0.5) is 5.69 Å². The van der Waals surface area contributed by atoms with Crippen molar-refractivity contribution in [3.8, 4) is 0 Å². The van der Waals surface area contributed by atoms with Crippen LogP contribution in [0.3, 0.4) is 0 Å². The molecule has 1 saturated heterocycles. The van der Waals surface area contributed by atoms with Gasteiger partial charge in [-0.2, -0.15) is 0 Å². The van der Waals surface area contributed by atoms with E-state index in [4.69, 9.17) is 0 Å². The number of rotatable bonds is 2. The molecular weight excluding hydrogens is 208 g/mol. The largest absolute Gasteiger partial charge is 0.369 e. The molecule has 1 heterocycles. The Morgan fingerprint density at radius 3 is 2.76 bits per heavy atom. The molecule has 2 heteroatoms. The van der Waals surface area contributed by atoms with Crippen LogP contribution in [-0.2, 0) is 0 Å². The zero-order valence-corrected chi connectivity index (χ0v) is 11.5. The van der Waals surface area contributed by atoms with Gasteiger partial charge in [-0.05, 0) is 57.9 Å².